The number of hydrogen-bond acceptors (Lipinski definition) is 3. The zero-order chi connectivity index (χ0) is 8.10. The molecule has 3 nitrogen and oxygen atoms in total. The third-order valence-electron chi connectivity index (χ3n) is 1.45. The Labute approximate surface area is 64.9 Å². The summed E-state index contributed by atoms with van der Waals surface area (Å²) in [5, 5.41) is 2.33. The van der Waals surface area contributed by atoms with Gasteiger partial charge in [-0.25, -0.2) is 0 Å². The molecule has 0 saturated heterocycles. The molecule has 11 heavy (non-hydrogen) atoms. The molecule has 0 aliphatic carbocycles. The Hall–Kier alpha value is -1.38. The van der Waals surface area contributed by atoms with Gasteiger partial charge in [0.05, 0.1) is 0 Å². The van der Waals surface area contributed by atoms with Gasteiger partial charge in [-0.15, -0.1) is 4.91 Å². The average Bonchev–Trinajstić information content (AvgIpc) is 2.06. The average molecular weight is 151 g/mol. The molecule has 0 saturated carbocycles. The van der Waals surface area contributed by atoms with Gasteiger partial charge in [-0.1, -0.05) is 19.1 Å². The second kappa shape index (κ2) is 3.71. The molecule has 0 aliphatic rings. The standard InChI is InChI=1S/C8H9NO2/c1-2-7-4-3-5-8(6-7)11-9-10/h3-6H,2H2,1H3. The summed E-state index contributed by atoms with van der Waals surface area (Å²) in [6.45, 7) is 2.04. The highest BCUT2D eigenvalue weighted by Crippen LogP contribution is 2.13. The molecule has 1 rings (SSSR count). The van der Waals surface area contributed by atoms with E-state index in [1.807, 2.05) is 19.1 Å². The van der Waals surface area contributed by atoms with Crippen LogP contribution in [0.5, 0.6) is 5.75 Å². The highest BCUT2D eigenvalue weighted by molar-refractivity contribution is 5.28. The molecular formula is C8H9NO2. The van der Waals surface area contributed by atoms with Crippen LogP contribution in [-0.4, -0.2) is 0 Å². The fraction of sp³-hybridized carbons (Fsp3) is 0.250. The lowest BCUT2D eigenvalue weighted by Gasteiger charge is -1.97. The van der Waals surface area contributed by atoms with Crippen LogP contribution in [0.15, 0.2) is 29.6 Å². The maximum absolute atomic E-state index is 9.70. The van der Waals surface area contributed by atoms with Crippen LogP contribution in [0.2, 0.25) is 0 Å². The summed E-state index contributed by atoms with van der Waals surface area (Å²) in [6.07, 6.45) is 0.927. The minimum absolute atomic E-state index is 0.499. The molecule has 0 fully saturated rings. The maximum Gasteiger partial charge on any atom is 0.161 e. The van der Waals surface area contributed by atoms with Crippen LogP contribution in [0.3, 0.4) is 0 Å². The van der Waals surface area contributed by atoms with Gasteiger partial charge in [0.15, 0.2) is 11.1 Å². The molecule has 0 amide bonds. The van der Waals surface area contributed by atoms with Crippen molar-refractivity contribution >= 4 is 0 Å². The van der Waals surface area contributed by atoms with Gasteiger partial charge in [0.25, 0.3) is 0 Å². The van der Waals surface area contributed by atoms with E-state index in [0.717, 1.165) is 12.0 Å². The maximum atomic E-state index is 9.70. The molecule has 0 unspecified atom stereocenters. The first-order valence-electron chi connectivity index (χ1n) is 3.45. The first kappa shape index (κ1) is 7.72. The van der Waals surface area contributed by atoms with Crippen molar-refractivity contribution in [2.75, 3.05) is 0 Å². The fourth-order valence-electron chi connectivity index (χ4n) is 0.865. The van der Waals surface area contributed by atoms with Crippen molar-refractivity contribution < 1.29 is 4.84 Å². The normalized spacial score (nSPS) is 9.18. The van der Waals surface area contributed by atoms with Crippen molar-refractivity contribution in [2.45, 2.75) is 13.3 Å². The lowest BCUT2D eigenvalue weighted by atomic mass is 10.2. The molecule has 0 heterocycles. The second-order valence-corrected chi connectivity index (χ2v) is 2.17. The largest absolute Gasteiger partial charge is 0.324 e. The van der Waals surface area contributed by atoms with Crippen LogP contribution in [0.4, 0.5) is 0 Å². The topological polar surface area (TPSA) is 38.7 Å². The quantitative estimate of drug-likeness (QED) is 0.491. The van der Waals surface area contributed by atoms with Crippen molar-refractivity contribution in [3.8, 4) is 5.75 Å². The summed E-state index contributed by atoms with van der Waals surface area (Å²) >= 11 is 0. The molecule has 0 aliphatic heterocycles. The van der Waals surface area contributed by atoms with Crippen LogP contribution in [0.1, 0.15) is 12.5 Å². The lowest BCUT2D eigenvalue weighted by Crippen LogP contribution is -1.83. The number of aryl methyl sites for hydroxylation is 1. The molecule has 0 N–H and O–H groups in total. The molecule has 0 spiro atoms. The Kier molecular flexibility index (Phi) is 2.60. The van der Waals surface area contributed by atoms with E-state index in [1.54, 1.807) is 12.1 Å². The third kappa shape index (κ3) is 2.04. The Balaban J connectivity index is 2.82. The molecule has 0 atom stereocenters. The number of hydrogen-bond donors (Lipinski definition) is 0. The van der Waals surface area contributed by atoms with Gasteiger partial charge in [0.1, 0.15) is 0 Å². The van der Waals surface area contributed by atoms with Crippen LogP contribution >= 0.6 is 0 Å². The molecular weight excluding hydrogens is 142 g/mol. The molecule has 1 aromatic rings. The predicted molar refractivity (Wildman–Crippen MR) is 42.2 cm³/mol. The van der Waals surface area contributed by atoms with Gasteiger partial charge < -0.3 is 4.84 Å². The van der Waals surface area contributed by atoms with Gasteiger partial charge in [-0.3, -0.25) is 0 Å². The van der Waals surface area contributed by atoms with E-state index in [1.165, 1.54) is 0 Å². The van der Waals surface area contributed by atoms with E-state index in [0.29, 0.717) is 5.75 Å². The first-order chi connectivity index (χ1) is 5.36. The Morgan fingerprint density at radius 2 is 2.36 bits per heavy atom. The highest BCUT2D eigenvalue weighted by atomic mass is 16.7. The highest BCUT2D eigenvalue weighted by Gasteiger charge is 1.93. The minimum Gasteiger partial charge on any atom is -0.324 e. The van der Waals surface area contributed by atoms with Crippen LogP contribution in [0, 0.1) is 4.91 Å². The van der Waals surface area contributed by atoms with E-state index in [-0.39, 0.29) is 0 Å². The van der Waals surface area contributed by atoms with Crippen molar-refractivity contribution in [2.24, 2.45) is 5.34 Å². The third-order valence-corrected chi connectivity index (χ3v) is 1.45. The molecule has 1 aromatic carbocycles. The summed E-state index contributed by atoms with van der Waals surface area (Å²) in [7, 11) is 0. The summed E-state index contributed by atoms with van der Waals surface area (Å²) in [4.78, 5) is 14.1. The Morgan fingerprint density at radius 1 is 1.55 bits per heavy atom. The van der Waals surface area contributed by atoms with Gasteiger partial charge in [0.2, 0.25) is 0 Å². The molecule has 3 heteroatoms. The summed E-state index contributed by atoms with van der Waals surface area (Å²) in [5.41, 5.74) is 1.13. The van der Waals surface area contributed by atoms with Gasteiger partial charge >= 0.3 is 0 Å². The van der Waals surface area contributed by atoms with Crippen LogP contribution in [-0.2, 0) is 6.42 Å². The second-order valence-electron chi connectivity index (χ2n) is 2.17. The zero-order valence-corrected chi connectivity index (χ0v) is 6.28. The fourth-order valence-corrected chi connectivity index (χ4v) is 0.865. The zero-order valence-electron chi connectivity index (χ0n) is 6.28. The number of nitrogens with zero attached hydrogens (tertiary/aromatic N) is 1. The van der Waals surface area contributed by atoms with Gasteiger partial charge in [-0.05, 0) is 24.1 Å². The van der Waals surface area contributed by atoms with Crippen molar-refractivity contribution in [3.05, 3.63) is 34.7 Å². The number of rotatable bonds is 3. The Morgan fingerprint density at radius 3 is 3.00 bits per heavy atom. The SMILES string of the molecule is CCc1cccc(ON=O)c1. The van der Waals surface area contributed by atoms with Crippen molar-refractivity contribution in [3.63, 3.8) is 0 Å². The smallest absolute Gasteiger partial charge is 0.161 e. The van der Waals surface area contributed by atoms with Gasteiger partial charge in [0, 0.05) is 0 Å². The first-order valence-corrected chi connectivity index (χ1v) is 3.45. The molecule has 0 radical (unpaired) electrons. The summed E-state index contributed by atoms with van der Waals surface area (Å²) in [6, 6.07) is 7.29. The molecule has 0 bridgehead atoms. The van der Waals surface area contributed by atoms with E-state index in [4.69, 9.17) is 0 Å². The molecule has 0 aromatic heterocycles. The van der Waals surface area contributed by atoms with E-state index < -0.39 is 0 Å². The lowest BCUT2D eigenvalue weighted by molar-refractivity contribution is 0.334. The minimum atomic E-state index is 0.499. The predicted octanol–water partition coefficient (Wildman–Crippen LogP) is 2.31. The van der Waals surface area contributed by atoms with Crippen molar-refractivity contribution in [1.82, 2.24) is 0 Å². The summed E-state index contributed by atoms with van der Waals surface area (Å²) in [5.74, 6) is 0.499. The Bertz CT molecular complexity index is 248. The summed E-state index contributed by atoms with van der Waals surface area (Å²) < 4.78 is 0. The van der Waals surface area contributed by atoms with Gasteiger partial charge in [-0.2, -0.15) is 0 Å². The van der Waals surface area contributed by atoms with Crippen LogP contribution < -0.4 is 4.84 Å². The monoisotopic (exact) mass is 151 g/mol. The van der Waals surface area contributed by atoms with Crippen LogP contribution in [0.25, 0.3) is 0 Å². The van der Waals surface area contributed by atoms with E-state index >= 15 is 0 Å². The van der Waals surface area contributed by atoms with E-state index in [2.05, 4.69) is 10.2 Å². The molecule has 58 valence electrons. The number of benzene rings is 1. The van der Waals surface area contributed by atoms with Crippen molar-refractivity contribution in [1.29, 1.82) is 0 Å². The van der Waals surface area contributed by atoms with E-state index in [9.17, 15) is 4.91 Å².